The lowest BCUT2D eigenvalue weighted by atomic mass is 9.84. The van der Waals surface area contributed by atoms with E-state index in [0.29, 0.717) is 29.7 Å². The Hall–Kier alpha value is -4.95. The average Bonchev–Trinajstić information content (AvgIpc) is 3.61. The first kappa shape index (κ1) is 33.9. The number of pyridine rings is 2. The number of hydrogen-bond acceptors (Lipinski definition) is 9. The molecule has 49 heavy (non-hydrogen) atoms. The van der Waals surface area contributed by atoms with Crippen LogP contribution in [0, 0.1) is 17.6 Å². The second-order valence-corrected chi connectivity index (χ2v) is 12.6. The van der Waals surface area contributed by atoms with Crippen molar-refractivity contribution in [3.8, 4) is 11.1 Å². The highest BCUT2D eigenvalue weighted by atomic mass is 19.3. The van der Waals surface area contributed by atoms with Crippen molar-refractivity contribution in [1.82, 2.24) is 30.2 Å². The van der Waals surface area contributed by atoms with Crippen molar-refractivity contribution in [2.75, 3.05) is 36.0 Å². The van der Waals surface area contributed by atoms with E-state index in [1.807, 2.05) is 42.6 Å². The van der Waals surface area contributed by atoms with Crippen LogP contribution in [0.15, 0.2) is 85.5 Å². The van der Waals surface area contributed by atoms with Gasteiger partial charge in [0.05, 0.1) is 30.2 Å². The summed E-state index contributed by atoms with van der Waals surface area (Å²) in [6, 6.07) is 16.1. The summed E-state index contributed by atoms with van der Waals surface area (Å²) in [4.78, 5) is 13.0. The van der Waals surface area contributed by atoms with Gasteiger partial charge in [0, 0.05) is 55.3 Å². The molecule has 3 aromatic heterocycles. The molecule has 2 N–H and O–H groups in total. The molecule has 0 radical (unpaired) electrons. The van der Waals surface area contributed by atoms with Crippen molar-refractivity contribution in [1.29, 1.82) is 0 Å². The van der Waals surface area contributed by atoms with Crippen LogP contribution in [0.2, 0.25) is 0 Å². The van der Waals surface area contributed by atoms with E-state index >= 15 is 8.78 Å². The largest absolute Gasteiger partial charge is 0.387 e. The van der Waals surface area contributed by atoms with Crippen LogP contribution in [0.5, 0.6) is 0 Å². The molecular weight excluding hydrogens is 640 g/mol. The van der Waals surface area contributed by atoms with E-state index in [2.05, 4.69) is 49.1 Å². The average molecular weight is 677 g/mol. The summed E-state index contributed by atoms with van der Waals surface area (Å²) in [5.41, 5.74) is -0.864. The molecule has 14 heteroatoms. The van der Waals surface area contributed by atoms with Crippen molar-refractivity contribution in [3.63, 3.8) is 0 Å². The third-order valence-electron chi connectivity index (χ3n) is 8.78. The number of piperazine rings is 1. The van der Waals surface area contributed by atoms with Gasteiger partial charge < -0.3 is 20.0 Å². The first-order valence-electron chi connectivity index (χ1n) is 15.9. The quantitative estimate of drug-likeness (QED) is 0.175. The zero-order valence-electron chi connectivity index (χ0n) is 27.0. The van der Waals surface area contributed by atoms with E-state index in [1.54, 1.807) is 0 Å². The Kier molecular flexibility index (Phi) is 9.61. The predicted molar refractivity (Wildman–Crippen MR) is 175 cm³/mol. The minimum absolute atomic E-state index is 0.375. The molecule has 1 aliphatic heterocycles. The Labute approximate surface area is 280 Å². The van der Waals surface area contributed by atoms with Gasteiger partial charge in [-0.25, -0.2) is 13.5 Å². The Morgan fingerprint density at radius 2 is 1.49 bits per heavy atom. The monoisotopic (exact) mass is 676 g/mol. The zero-order valence-corrected chi connectivity index (χ0v) is 27.0. The zero-order chi connectivity index (χ0) is 34.8. The van der Waals surface area contributed by atoms with Crippen LogP contribution >= 0.6 is 0 Å². The van der Waals surface area contributed by atoms with Gasteiger partial charge in [-0.1, -0.05) is 32.0 Å². The molecule has 5 aromatic rings. The van der Waals surface area contributed by atoms with E-state index in [-0.39, 0.29) is 0 Å². The van der Waals surface area contributed by atoms with Gasteiger partial charge in [-0.15, -0.1) is 5.10 Å². The summed E-state index contributed by atoms with van der Waals surface area (Å²) in [5, 5.41) is 32.1. The molecule has 2 atom stereocenters. The van der Waals surface area contributed by atoms with Gasteiger partial charge in [-0.2, -0.15) is 8.78 Å². The maximum Gasteiger partial charge on any atom is 0.323 e. The summed E-state index contributed by atoms with van der Waals surface area (Å²) in [5.74, 6) is -6.10. The number of halogens is 4. The first-order valence-corrected chi connectivity index (χ1v) is 15.9. The van der Waals surface area contributed by atoms with Crippen LogP contribution in [0.25, 0.3) is 11.1 Å². The van der Waals surface area contributed by atoms with Crippen LogP contribution in [-0.2, 0) is 18.1 Å². The molecule has 0 amide bonds. The minimum atomic E-state index is -4.14. The van der Waals surface area contributed by atoms with Crippen LogP contribution < -0.4 is 9.80 Å². The first-order chi connectivity index (χ1) is 23.4. The van der Waals surface area contributed by atoms with Gasteiger partial charge in [0.1, 0.15) is 23.7 Å². The number of aromatic nitrogens is 6. The third kappa shape index (κ3) is 7.10. The Balaban J connectivity index is 1.13. The molecule has 0 saturated carbocycles. The van der Waals surface area contributed by atoms with Gasteiger partial charge in [0.2, 0.25) is 0 Å². The molecule has 1 fully saturated rings. The number of nitrogens with zero attached hydrogens (tertiary/aromatic N) is 8. The lowest BCUT2D eigenvalue weighted by molar-refractivity contribution is -0.207. The van der Waals surface area contributed by atoms with E-state index in [0.717, 1.165) is 72.3 Å². The SMILES string of the molecule is CC(C)CC(O)c1ccc(N2CCN(c3ccc(-c4ccc(C(F)(F)[C@](O)(Cn5cnnn5)c5ccc(F)cc5F)nc4)cc3)CC2)cn1. The molecule has 10 nitrogen and oxygen atoms in total. The second kappa shape index (κ2) is 13.9. The fraction of sp³-hybridized carbons (Fsp3) is 0.343. The van der Waals surface area contributed by atoms with Crippen LogP contribution in [0.4, 0.5) is 28.9 Å². The summed E-state index contributed by atoms with van der Waals surface area (Å²) >= 11 is 0. The maximum atomic E-state index is 16.1. The van der Waals surface area contributed by atoms with Gasteiger partial charge in [-0.3, -0.25) is 9.97 Å². The van der Waals surface area contributed by atoms with Gasteiger partial charge in [-0.05, 0) is 70.8 Å². The number of alkyl halides is 2. The van der Waals surface area contributed by atoms with Crippen LogP contribution in [-0.4, -0.2) is 66.6 Å². The number of hydrogen-bond donors (Lipinski definition) is 2. The smallest absolute Gasteiger partial charge is 0.323 e. The van der Waals surface area contributed by atoms with Crippen LogP contribution in [0.1, 0.15) is 43.3 Å². The number of aliphatic hydroxyl groups is 2. The molecule has 6 rings (SSSR count). The molecule has 0 aliphatic carbocycles. The van der Waals surface area contributed by atoms with Crippen molar-refractivity contribution < 1.29 is 27.8 Å². The fourth-order valence-corrected chi connectivity index (χ4v) is 6.06. The molecule has 0 bridgehead atoms. The number of rotatable bonds is 11. The second-order valence-electron chi connectivity index (χ2n) is 12.6. The summed E-state index contributed by atoms with van der Waals surface area (Å²) in [6.45, 7) is 6.35. The van der Waals surface area contributed by atoms with Gasteiger partial charge in [0.25, 0.3) is 0 Å². The van der Waals surface area contributed by atoms with E-state index < -0.39 is 47.1 Å². The normalized spacial score (nSPS) is 15.8. The Morgan fingerprint density at radius 3 is 2.06 bits per heavy atom. The standard InChI is InChI=1S/C35H36F4N8O2/c1-23(2)17-32(48)31-11-9-28(20-40-31)46-15-13-45(14-16-46)27-7-3-24(4-8-27)25-5-12-33(41-19-25)35(38,39)34(49,21-47-22-42-43-44-47)29-10-6-26(36)18-30(29)37/h3-12,18-20,22-23,32,48-49H,13-17,21H2,1-2H3/t32?,34-/m0/s1. The summed E-state index contributed by atoms with van der Waals surface area (Å²) < 4.78 is 61.5. The van der Waals surface area contributed by atoms with Crippen molar-refractivity contribution >= 4 is 11.4 Å². The minimum Gasteiger partial charge on any atom is -0.387 e. The third-order valence-corrected chi connectivity index (χ3v) is 8.78. The summed E-state index contributed by atoms with van der Waals surface area (Å²) in [6.07, 6.45) is 4.17. The number of tetrazole rings is 1. The molecular formula is C35H36F4N8O2. The maximum absolute atomic E-state index is 16.1. The molecule has 1 aliphatic rings. The van der Waals surface area contributed by atoms with Gasteiger partial charge in [0.15, 0.2) is 5.60 Å². The van der Waals surface area contributed by atoms with E-state index in [9.17, 15) is 19.0 Å². The number of anilines is 2. The van der Waals surface area contributed by atoms with Crippen LogP contribution in [0.3, 0.4) is 0 Å². The molecule has 2 aromatic carbocycles. The highest BCUT2D eigenvalue weighted by molar-refractivity contribution is 5.66. The molecule has 256 valence electrons. The fourth-order valence-electron chi connectivity index (χ4n) is 6.06. The highest BCUT2D eigenvalue weighted by Crippen LogP contribution is 2.47. The Morgan fingerprint density at radius 1 is 0.816 bits per heavy atom. The molecule has 1 unspecified atom stereocenters. The van der Waals surface area contributed by atoms with Gasteiger partial charge >= 0.3 is 5.92 Å². The van der Waals surface area contributed by atoms with Crippen molar-refractivity contribution in [2.24, 2.45) is 5.92 Å². The lowest BCUT2D eigenvalue weighted by Crippen LogP contribution is -2.48. The molecule has 4 heterocycles. The summed E-state index contributed by atoms with van der Waals surface area (Å²) in [7, 11) is 0. The van der Waals surface area contributed by atoms with E-state index in [4.69, 9.17) is 0 Å². The van der Waals surface area contributed by atoms with Crippen molar-refractivity contribution in [3.05, 3.63) is 114 Å². The van der Waals surface area contributed by atoms with Crippen molar-refractivity contribution in [2.45, 2.75) is 44.4 Å². The molecule has 0 spiro atoms. The topological polar surface area (TPSA) is 116 Å². The predicted octanol–water partition coefficient (Wildman–Crippen LogP) is 5.49. The lowest BCUT2D eigenvalue weighted by Gasteiger charge is -2.37. The number of aliphatic hydroxyl groups excluding tert-OH is 1. The highest BCUT2D eigenvalue weighted by Gasteiger charge is 2.58. The molecule has 1 saturated heterocycles. The number of benzene rings is 2. The Bertz CT molecular complexity index is 1830. The van der Waals surface area contributed by atoms with E-state index in [1.165, 1.54) is 12.3 Å².